The second kappa shape index (κ2) is 41.0. The number of hydrogen-bond donors (Lipinski definition) is 0. The van der Waals surface area contributed by atoms with Crippen LogP contribution in [-0.4, -0.2) is 51.5 Å². The van der Waals surface area contributed by atoms with Gasteiger partial charge in [0.1, 0.15) is 0 Å². The van der Waals surface area contributed by atoms with E-state index < -0.39 is 0 Å². The minimum atomic E-state index is 0.127. The van der Waals surface area contributed by atoms with Crippen LogP contribution in [0.3, 0.4) is 0 Å². The molecule has 0 aromatic rings. The first kappa shape index (κ1) is 45.8. The second-order valence-corrected chi connectivity index (χ2v) is 13.0. The molecule has 0 spiro atoms. The Labute approximate surface area is 299 Å². The molecule has 1 atom stereocenters. The summed E-state index contributed by atoms with van der Waals surface area (Å²) >= 11 is 0. The van der Waals surface area contributed by atoms with Gasteiger partial charge in [-0.25, -0.2) is 0 Å². The molecule has 274 valence electrons. The van der Waals surface area contributed by atoms with E-state index in [1.807, 2.05) is 0 Å². The van der Waals surface area contributed by atoms with Gasteiger partial charge in [0.05, 0.1) is 12.7 Å². The van der Waals surface area contributed by atoms with Gasteiger partial charge in [-0.3, -0.25) is 0 Å². The van der Waals surface area contributed by atoms with E-state index in [9.17, 15) is 0 Å². The summed E-state index contributed by atoms with van der Waals surface area (Å²) in [6.07, 6.45) is 60.2. The van der Waals surface area contributed by atoms with Crippen LogP contribution < -0.4 is 0 Å². The molecule has 0 N–H and O–H groups in total. The molecule has 0 bridgehead atoms. The van der Waals surface area contributed by atoms with Gasteiger partial charge in [0.15, 0.2) is 0 Å². The molecule has 0 aromatic carbocycles. The van der Waals surface area contributed by atoms with Crippen LogP contribution in [0.2, 0.25) is 0 Å². The summed E-state index contributed by atoms with van der Waals surface area (Å²) in [6.45, 7) is 7.65. The monoisotopic (exact) mass is 664 g/mol. The van der Waals surface area contributed by atoms with Gasteiger partial charge < -0.3 is 14.4 Å². The first-order valence-electron chi connectivity index (χ1n) is 19.7. The lowest BCUT2D eigenvalue weighted by atomic mass is 10.1. The lowest BCUT2D eigenvalue weighted by molar-refractivity contribution is -0.0277. The van der Waals surface area contributed by atoms with E-state index >= 15 is 0 Å². The summed E-state index contributed by atoms with van der Waals surface area (Å²) in [5.41, 5.74) is 0. The summed E-state index contributed by atoms with van der Waals surface area (Å²) in [6, 6.07) is 0. The fourth-order valence-electron chi connectivity index (χ4n) is 5.01. The van der Waals surface area contributed by atoms with Crippen molar-refractivity contribution < 1.29 is 9.47 Å². The predicted molar refractivity (Wildman–Crippen MR) is 216 cm³/mol. The van der Waals surface area contributed by atoms with Crippen molar-refractivity contribution in [1.82, 2.24) is 4.90 Å². The number of unbranched alkanes of at least 4 members (excludes halogenated alkanes) is 10. The Morgan fingerprint density at radius 1 is 0.417 bits per heavy atom. The number of hydrogen-bond acceptors (Lipinski definition) is 3. The number of rotatable bonds is 35. The first-order valence-corrected chi connectivity index (χ1v) is 19.7. The Morgan fingerprint density at radius 3 is 1.15 bits per heavy atom. The van der Waals surface area contributed by atoms with Gasteiger partial charge in [0.25, 0.3) is 0 Å². The molecule has 0 saturated carbocycles. The molecule has 0 aromatic heterocycles. The second-order valence-electron chi connectivity index (χ2n) is 13.0. The number of likely N-dealkylation sites (N-methyl/N-ethyl adjacent to an activating group) is 1. The molecule has 1 unspecified atom stereocenters. The molecule has 0 aliphatic rings. The van der Waals surface area contributed by atoms with E-state index in [1.165, 1.54) is 64.2 Å². The van der Waals surface area contributed by atoms with Crippen molar-refractivity contribution in [3.05, 3.63) is 97.2 Å². The average molecular weight is 664 g/mol. The van der Waals surface area contributed by atoms with E-state index in [1.54, 1.807) is 0 Å². The Morgan fingerprint density at radius 2 is 0.771 bits per heavy atom. The zero-order valence-electron chi connectivity index (χ0n) is 32.0. The van der Waals surface area contributed by atoms with Gasteiger partial charge in [-0.05, 0) is 104 Å². The van der Waals surface area contributed by atoms with E-state index in [4.69, 9.17) is 9.47 Å². The topological polar surface area (TPSA) is 21.7 Å². The summed E-state index contributed by atoms with van der Waals surface area (Å²) < 4.78 is 12.1. The average Bonchev–Trinajstić information content (AvgIpc) is 3.08. The SMILES string of the molecule is CCCCCCC=CCC=CCC=CCC=CCCCOCC(CN(C)C)OCCCC=CCC=CCC=CCC=CCCCCCC. The van der Waals surface area contributed by atoms with Crippen molar-refractivity contribution in [2.45, 2.75) is 148 Å². The number of allylic oxidation sites excluding steroid dienone is 16. The molecule has 3 heteroatoms. The molecule has 48 heavy (non-hydrogen) atoms. The number of ether oxygens (including phenoxy) is 2. The van der Waals surface area contributed by atoms with Crippen LogP contribution in [0.4, 0.5) is 0 Å². The highest BCUT2D eigenvalue weighted by Gasteiger charge is 2.10. The third kappa shape index (κ3) is 40.0. The van der Waals surface area contributed by atoms with Crippen molar-refractivity contribution in [2.75, 3.05) is 40.5 Å². The van der Waals surface area contributed by atoms with Crippen molar-refractivity contribution >= 4 is 0 Å². The lowest BCUT2D eigenvalue weighted by Gasteiger charge is -2.21. The maximum Gasteiger partial charge on any atom is 0.0934 e. The Bertz CT molecular complexity index is 873. The molecule has 0 rings (SSSR count). The number of nitrogens with zero attached hydrogens (tertiary/aromatic N) is 1. The highest BCUT2D eigenvalue weighted by Crippen LogP contribution is 2.06. The van der Waals surface area contributed by atoms with Crippen LogP contribution in [0.5, 0.6) is 0 Å². The van der Waals surface area contributed by atoms with E-state index in [0.717, 1.165) is 84.0 Å². The molecule has 3 nitrogen and oxygen atoms in total. The predicted octanol–water partition coefficient (Wildman–Crippen LogP) is 13.2. The Hall–Kier alpha value is -2.20. The maximum absolute atomic E-state index is 6.17. The smallest absolute Gasteiger partial charge is 0.0934 e. The molecular formula is C45H77NO2. The molecule has 0 aliphatic carbocycles. The lowest BCUT2D eigenvalue weighted by Crippen LogP contribution is -2.32. The van der Waals surface area contributed by atoms with Crippen molar-refractivity contribution in [1.29, 1.82) is 0 Å². The minimum absolute atomic E-state index is 0.127. The standard InChI is InChI=1S/C45H77NO2/c1-5-7-9-11-13-15-17-19-21-23-25-27-29-31-33-35-37-39-41-47-44-45(43-46(3)4)48-42-40-38-36-34-32-30-28-26-24-22-20-18-16-14-12-10-8-6-2/h15-18,21-24,27-30,33-36,45H,5-14,19-20,25-26,31-32,37-44H2,1-4H3. The molecule has 0 aliphatic heterocycles. The molecule has 0 heterocycles. The van der Waals surface area contributed by atoms with Gasteiger partial charge in [0, 0.05) is 19.8 Å². The summed E-state index contributed by atoms with van der Waals surface area (Å²) in [7, 11) is 4.19. The Kier molecular flexibility index (Phi) is 39.1. The largest absolute Gasteiger partial charge is 0.379 e. The van der Waals surface area contributed by atoms with E-state index in [2.05, 4.69) is 130 Å². The zero-order chi connectivity index (χ0) is 34.9. The van der Waals surface area contributed by atoms with Gasteiger partial charge >= 0.3 is 0 Å². The van der Waals surface area contributed by atoms with Gasteiger partial charge in [-0.15, -0.1) is 0 Å². The molecule has 0 amide bonds. The van der Waals surface area contributed by atoms with Crippen LogP contribution in [0, 0.1) is 0 Å². The Balaban J connectivity index is 3.78. The van der Waals surface area contributed by atoms with Crippen LogP contribution in [0.1, 0.15) is 142 Å². The van der Waals surface area contributed by atoms with Gasteiger partial charge in [0.2, 0.25) is 0 Å². The summed E-state index contributed by atoms with van der Waals surface area (Å²) in [5.74, 6) is 0. The highest BCUT2D eigenvalue weighted by atomic mass is 16.5. The van der Waals surface area contributed by atoms with E-state index in [-0.39, 0.29) is 6.10 Å². The van der Waals surface area contributed by atoms with Gasteiger partial charge in [-0.1, -0.05) is 150 Å². The quantitative estimate of drug-likeness (QED) is 0.0497. The van der Waals surface area contributed by atoms with Crippen LogP contribution >= 0.6 is 0 Å². The maximum atomic E-state index is 6.17. The van der Waals surface area contributed by atoms with Crippen LogP contribution in [0.25, 0.3) is 0 Å². The first-order chi connectivity index (χ1) is 23.7. The van der Waals surface area contributed by atoms with Gasteiger partial charge in [-0.2, -0.15) is 0 Å². The van der Waals surface area contributed by atoms with Crippen molar-refractivity contribution in [3.8, 4) is 0 Å². The molecule has 0 fully saturated rings. The minimum Gasteiger partial charge on any atom is -0.379 e. The summed E-state index contributed by atoms with van der Waals surface area (Å²) in [4.78, 5) is 2.18. The molecule has 0 saturated heterocycles. The third-order valence-electron chi connectivity index (χ3n) is 7.82. The fourth-order valence-corrected chi connectivity index (χ4v) is 5.01. The van der Waals surface area contributed by atoms with E-state index in [0.29, 0.717) is 6.61 Å². The van der Waals surface area contributed by atoms with Crippen LogP contribution in [0.15, 0.2) is 97.2 Å². The zero-order valence-corrected chi connectivity index (χ0v) is 32.0. The molecular weight excluding hydrogens is 587 g/mol. The van der Waals surface area contributed by atoms with Crippen LogP contribution in [-0.2, 0) is 9.47 Å². The van der Waals surface area contributed by atoms with Crippen molar-refractivity contribution in [3.63, 3.8) is 0 Å². The van der Waals surface area contributed by atoms with Crippen molar-refractivity contribution in [2.24, 2.45) is 0 Å². The fraction of sp³-hybridized carbons (Fsp3) is 0.644. The molecule has 0 radical (unpaired) electrons. The normalized spacial score (nSPS) is 13.8. The third-order valence-corrected chi connectivity index (χ3v) is 7.82. The highest BCUT2D eigenvalue weighted by molar-refractivity contribution is 5.00. The summed E-state index contributed by atoms with van der Waals surface area (Å²) in [5, 5.41) is 0.